The van der Waals surface area contributed by atoms with Gasteiger partial charge in [0.1, 0.15) is 11.5 Å². The average Bonchev–Trinajstić information content (AvgIpc) is 2.68. The molecule has 28 heavy (non-hydrogen) atoms. The Balaban J connectivity index is 1.85. The number of hydrogen-bond donors (Lipinski definition) is 4. The minimum Gasteiger partial charge on any atom is -0.508 e. The number of phenols is 2. The van der Waals surface area contributed by atoms with Gasteiger partial charge in [-0.3, -0.25) is 4.79 Å². The number of hydrogen-bond acceptors (Lipinski definition) is 5. The predicted molar refractivity (Wildman–Crippen MR) is 105 cm³/mol. The number of carboxylic acids is 1. The maximum Gasteiger partial charge on any atom is 0.335 e. The highest BCUT2D eigenvalue weighted by Crippen LogP contribution is 2.27. The van der Waals surface area contributed by atoms with Gasteiger partial charge in [0.15, 0.2) is 5.78 Å². The Morgan fingerprint density at radius 3 is 2.07 bits per heavy atom. The summed E-state index contributed by atoms with van der Waals surface area (Å²) in [6.45, 7) is 0. The number of rotatable bonds is 7. The number of ketones is 1. The van der Waals surface area contributed by atoms with E-state index in [1.807, 2.05) is 0 Å². The van der Waals surface area contributed by atoms with Crippen LogP contribution in [0.25, 0.3) is 0 Å². The van der Waals surface area contributed by atoms with E-state index >= 15 is 0 Å². The fourth-order valence-corrected chi connectivity index (χ4v) is 2.85. The fraction of sp³-hybridized carbons (Fsp3) is 0.0909. The summed E-state index contributed by atoms with van der Waals surface area (Å²) in [6.07, 6.45) is 0.106. The number of carboxylic acid groups (broad SMARTS) is 1. The van der Waals surface area contributed by atoms with Gasteiger partial charge in [-0.05, 0) is 66.2 Å². The molecule has 0 aliphatic heterocycles. The molecule has 6 heteroatoms. The number of aromatic hydroxyl groups is 2. The first-order chi connectivity index (χ1) is 13.4. The molecule has 0 spiro atoms. The second kappa shape index (κ2) is 8.26. The van der Waals surface area contributed by atoms with Crippen molar-refractivity contribution in [3.63, 3.8) is 0 Å². The topological polar surface area (TPSA) is 107 Å². The zero-order chi connectivity index (χ0) is 20.1. The minimum atomic E-state index is -1.02. The van der Waals surface area contributed by atoms with Crippen molar-refractivity contribution in [2.75, 3.05) is 5.32 Å². The standard InChI is InChI=1S/C22H19NO5/c24-18-10-6-14(7-11-18)21(26)13-20(16-2-1-3-19(25)12-16)23-17-8-4-15(5-9-17)22(27)28/h1-12,20,23-25H,13H2,(H,27,28). The number of nitrogens with one attached hydrogen (secondary N) is 1. The van der Waals surface area contributed by atoms with E-state index in [-0.39, 0.29) is 29.3 Å². The first-order valence-electron chi connectivity index (χ1n) is 8.63. The molecule has 0 fully saturated rings. The lowest BCUT2D eigenvalue weighted by molar-refractivity contribution is 0.0696. The van der Waals surface area contributed by atoms with Crippen molar-refractivity contribution in [3.8, 4) is 11.5 Å². The van der Waals surface area contributed by atoms with Gasteiger partial charge in [-0.25, -0.2) is 4.79 Å². The van der Waals surface area contributed by atoms with Crippen LogP contribution in [0.1, 0.15) is 38.7 Å². The molecule has 0 aliphatic carbocycles. The largest absolute Gasteiger partial charge is 0.508 e. The summed E-state index contributed by atoms with van der Waals surface area (Å²) in [4.78, 5) is 23.7. The number of aromatic carboxylic acids is 1. The Labute approximate surface area is 161 Å². The van der Waals surface area contributed by atoms with E-state index in [1.165, 1.54) is 24.3 Å². The molecule has 4 N–H and O–H groups in total. The number of anilines is 1. The van der Waals surface area contributed by atoms with Crippen molar-refractivity contribution >= 4 is 17.4 Å². The molecule has 1 unspecified atom stereocenters. The highest BCUT2D eigenvalue weighted by Gasteiger charge is 2.18. The molecular formula is C22H19NO5. The molecule has 0 aliphatic rings. The summed E-state index contributed by atoms with van der Waals surface area (Å²) in [6, 6.07) is 18.4. The van der Waals surface area contributed by atoms with Crippen LogP contribution in [-0.2, 0) is 0 Å². The maximum atomic E-state index is 12.7. The second-order valence-electron chi connectivity index (χ2n) is 6.35. The van der Waals surface area contributed by atoms with Crippen molar-refractivity contribution in [2.45, 2.75) is 12.5 Å². The van der Waals surface area contributed by atoms with Gasteiger partial charge in [-0.1, -0.05) is 12.1 Å². The Morgan fingerprint density at radius 1 is 0.821 bits per heavy atom. The monoisotopic (exact) mass is 377 g/mol. The number of benzene rings is 3. The molecule has 0 amide bonds. The molecule has 6 nitrogen and oxygen atoms in total. The summed E-state index contributed by atoms with van der Waals surface area (Å²) in [5, 5.41) is 31.4. The van der Waals surface area contributed by atoms with Crippen LogP contribution >= 0.6 is 0 Å². The van der Waals surface area contributed by atoms with Crippen LogP contribution in [-0.4, -0.2) is 27.1 Å². The SMILES string of the molecule is O=C(O)c1ccc(NC(CC(=O)c2ccc(O)cc2)c2cccc(O)c2)cc1. The van der Waals surface area contributed by atoms with E-state index in [0.29, 0.717) is 11.3 Å². The molecule has 3 aromatic carbocycles. The minimum absolute atomic E-state index is 0.0812. The number of carbonyl (C=O) groups excluding carboxylic acids is 1. The van der Waals surface area contributed by atoms with Crippen LogP contribution in [0.4, 0.5) is 5.69 Å². The smallest absolute Gasteiger partial charge is 0.335 e. The van der Waals surface area contributed by atoms with E-state index in [4.69, 9.17) is 5.11 Å². The van der Waals surface area contributed by atoms with Crippen LogP contribution < -0.4 is 5.32 Å². The normalized spacial score (nSPS) is 11.6. The molecule has 0 radical (unpaired) electrons. The summed E-state index contributed by atoms with van der Waals surface area (Å²) in [5.41, 5.74) is 2.00. The molecule has 142 valence electrons. The molecule has 0 bridgehead atoms. The third kappa shape index (κ3) is 4.67. The quantitative estimate of drug-likeness (QED) is 0.459. The first kappa shape index (κ1) is 19.0. The van der Waals surface area contributed by atoms with Crippen molar-refractivity contribution < 1.29 is 24.9 Å². The Bertz CT molecular complexity index is 981. The van der Waals surface area contributed by atoms with Gasteiger partial charge in [-0.15, -0.1) is 0 Å². The van der Waals surface area contributed by atoms with Crippen LogP contribution in [0.2, 0.25) is 0 Å². The summed E-state index contributed by atoms with van der Waals surface area (Å²) >= 11 is 0. The van der Waals surface area contributed by atoms with Crippen molar-refractivity contribution in [1.29, 1.82) is 0 Å². The van der Waals surface area contributed by atoms with Crippen LogP contribution in [0.15, 0.2) is 72.8 Å². The Hall–Kier alpha value is -3.80. The molecule has 1 atom stereocenters. The van der Waals surface area contributed by atoms with E-state index in [1.54, 1.807) is 48.5 Å². The zero-order valence-electron chi connectivity index (χ0n) is 14.9. The van der Waals surface area contributed by atoms with E-state index in [2.05, 4.69) is 5.32 Å². The van der Waals surface area contributed by atoms with Crippen LogP contribution in [0.5, 0.6) is 11.5 Å². The third-order valence-electron chi connectivity index (χ3n) is 4.32. The summed E-state index contributed by atoms with van der Waals surface area (Å²) in [7, 11) is 0. The second-order valence-corrected chi connectivity index (χ2v) is 6.35. The van der Waals surface area contributed by atoms with Gasteiger partial charge in [0, 0.05) is 17.7 Å². The van der Waals surface area contributed by atoms with Gasteiger partial charge >= 0.3 is 5.97 Å². The maximum absolute atomic E-state index is 12.7. The van der Waals surface area contributed by atoms with Gasteiger partial charge < -0.3 is 20.6 Å². The lowest BCUT2D eigenvalue weighted by Crippen LogP contribution is -2.16. The Kier molecular flexibility index (Phi) is 5.60. The lowest BCUT2D eigenvalue weighted by Gasteiger charge is -2.20. The van der Waals surface area contributed by atoms with Gasteiger partial charge in [0.05, 0.1) is 11.6 Å². The zero-order valence-corrected chi connectivity index (χ0v) is 14.9. The first-order valence-corrected chi connectivity index (χ1v) is 8.63. The highest BCUT2D eigenvalue weighted by atomic mass is 16.4. The van der Waals surface area contributed by atoms with Crippen LogP contribution in [0, 0.1) is 0 Å². The van der Waals surface area contributed by atoms with Gasteiger partial charge in [-0.2, -0.15) is 0 Å². The Morgan fingerprint density at radius 2 is 1.46 bits per heavy atom. The predicted octanol–water partition coefficient (Wildman–Crippen LogP) is 4.22. The van der Waals surface area contributed by atoms with Gasteiger partial charge in [0.25, 0.3) is 0 Å². The number of phenolic OH excluding ortho intramolecular Hbond substituents is 2. The van der Waals surface area contributed by atoms with Crippen LogP contribution in [0.3, 0.4) is 0 Å². The molecular weight excluding hydrogens is 358 g/mol. The summed E-state index contributed by atoms with van der Waals surface area (Å²) in [5.74, 6) is -0.984. The van der Waals surface area contributed by atoms with E-state index in [9.17, 15) is 19.8 Å². The van der Waals surface area contributed by atoms with Gasteiger partial charge in [0.2, 0.25) is 0 Å². The lowest BCUT2D eigenvalue weighted by atomic mass is 9.97. The van der Waals surface area contributed by atoms with Crippen molar-refractivity contribution in [1.82, 2.24) is 0 Å². The molecule has 3 aromatic rings. The highest BCUT2D eigenvalue weighted by molar-refractivity contribution is 5.96. The molecule has 0 aromatic heterocycles. The molecule has 0 saturated heterocycles. The third-order valence-corrected chi connectivity index (χ3v) is 4.32. The molecule has 3 rings (SSSR count). The van der Waals surface area contributed by atoms with Crippen molar-refractivity contribution in [3.05, 3.63) is 89.5 Å². The summed E-state index contributed by atoms with van der Waals surface area (Å²) < 4.78 is 0. The fourth-order valence-electron chi connectivity index (χ4n) is 2.85. The van der Waals surface area contributed by atoms with E-state index in [0.717, 1.165) is 5.56 Å². The molecule has 0 heterocycles. The average molecular weight is 377 g/mol. The van der Waals surface area contributed by atoms with Crippen molar-refractivity contribution in [2.24, 2.45) is 0 Å². The van der Waals surface area contributed by atoms with E-state index < -0.39 is 12.0 Å². The number of carbonyl (C=O) groups is 2. The molecule has 0 saturated carbocycles. The number of Topliss-reactive ketones (excluding diaryl/α,β-unsaturated/α-hetero) is 1.